The second-order valence-electron chi connectivity index (χ2n) is 7.78. The first-order chi connectivity index (χ1) is 15.7. The summed E-state index contributed by atoms with van der Waals surface area (Å²) >= 11 is 6.22. The van der Waals surface area contributed by atoms with Gasteiger partial charge in [0.1, 0.15) is 0 Å². The molecule has 0 aliphatic carbocycles. The minimum atomic E-state index is 0.0386. The van der Waals surface area contributed by atoms with E-state index in [4.69, 9.17) is 16.1 Å². The van der Waals surface area contributed by atoms with Crippen LogP contribution in [-0.4, -0.2) is 49.0 Å². The summed E-state index contributed by atoms with van der Waals surface area (Å²) < 4.78 is 7.18. The van der Waals surface area contributed by atoms with E-state index in [9.17, 15) is 4.79 Å². The Balaban J connectivity index is 1.27. The van der Waals surface area contributed by atoms with Gasteiger partial charge in [0, 0.05) is 23.7 Å². The molecule has 1 atom stereocenters. The number of piperidine rings is 1. The third-order valence-electron chi connectivity index (χ3n) is 5.61. The maximum atomic E-state index is 12.8. The van der Waals surface area contributed by atoms with E-state index < -0.39 is 0 Å². The molecule has 1 fully saturated rings. The van der Waals surface area contributed by atoms with E-state index in [0.29, 0.717) is 35.4 Å². The summed E-state index contributed by atoms with van der Waals surface area (Å²) in [5, 5.41) is 13.1. The van der Waals surface area contributed by atoms with Crippen molar-refractivity contribution in [1.29, 1.82) is 0 Å². The normalized spacial score (nSPS) is 16.3. The molecule has 1 amide bonds. The third-order valence-corrected chi connectivity index (χ3v) is 5.98. The largest absolute Gasteiger partial charge is 0.340 e. The van der Waals surface area contributed by atoms with E-state index in [1.54, 1.807) is 16.9 Å². The average molecular weight is 449 g/mol. The quantitative estimate of drug-likeness (QED) is 0.457. The topological polar surface area (TPSA) is 89.9 Å². The molecule has 32 heavy (non-hydrogen) atoms. The molecule has 0 bridgehead atoms. The standard InChI is InChI=1S/C23H21ClN6O2/c24-19-11-5-4-9-17(19)13-21(31)29-12-6-10-18(14-29)30-15-20(26-28-30)23-25-22(27-32-23)16-7-2-1-3-8-16/h1-5,7-9,11,15,18H,6,10,12-14H2. The Morgan fingerprint density at radius 1 is 1.12 bits per heavy atom. The molecule has 8 nitrogen and oxygen atoms in total. The Kier molecular flexibility index (Phi) is 5.68. The predicted molar refractivity (Wildman–Crippen MR) is 119 cm³/mol. The van der Waals surface area contributed by atoms with Crippen LogP contribution in [0, 0.1) is 0 Å². The minimum absolute atomic E-state index is 0.0386. The molecule has 1 saturated heterocycles. The lowest BCUT2D eigenvalue weighted by atomic mass is 10.0. The Morgan fingerprint density at radius 2 is 1.94 bits per heavy atom. The molecule has 0 radical (unpaired) electrons. The van der Waals surface area contributed by atoms with Gasteiger partial charge >= 0.3 is 0 Å². The summed E-state index contributed by atoms with van der Waals surface area (Å²) in [6, 6.07) is 17.1. The van der Waals surface area contributed by atoms with Crippen molar-refractivity contribution in [3.63, 3.8) is 0 Å². The lowest BCUT2D eigenvalue weighted by Gasteiger charge is -2.32. The van der Waals surface area contributed by atoms with Gasteiger partial charge in [0.25, 0.3) is 5.89 Å². The van der Waals surface area contributed by atoms with Gasteiger partial charge in [0.15, 0.2) is 5.69 Å². The molecule has 0 saturated carbocycles. The molecule has 1 unspecified atom stereocenters. The number of halogens is 1. The fourth-order valence-corrected chi connectivity index (χ4v) is 4.10. The van der Waals surface area contributed by atoms with Crippen LogP contribution in [0.3, 0.4) is 0 Å². The summed E-state index contributed by atoms with van der Waals surface area (Å²) in [4.78, 5) is 19.2. The van der Waals surface area contributed by atoms with Crippen LogP contribution in [0.4, 0.5) is 0 Å². The van der Waals surface area contributed by atoms with Crippen molar-refractivity contribution >= 4 is 17.5 Å². The number of benzene rings is 2. The maximum absolute atomic E-state index is 12.8. The van der Waals surface area contributed by atoms with E-state index in [2.05, 4.69) is 20.5 Å². The molecule has 4 aromatic rings. The van der Waals surface area contributed by atoms with Crippen molar-refractivity contribution < 1.29 is 9.32 Å². The predicted octanol–water partition coefficient (Wildman–Crippen LogP) is 4.05. The van der Waals surface area contributed by atoms with E-state index in [-0.39, 0.29) is 11.9 Å². The fourth-order valence-electron chi connectivity index (χ4n) is 3.90. The molecule has 0 N–H and O–H groups in total. The Bertz CT molecular complexity index is 1220. The van der Waals surface area contributed by atoms with Crippen LogP contribution < -0.4 is 0 Å². The molecule has 5 rings (SSSR count). The molecule has 0 spiro atoms. The van der Waals surface area contributed by atoms with Crippen molar-refractivity contribution in [1.82, 2.24) is 30.0 Å². The SMILES string of the molecule is O=C(Cc1ccccc1Cl)N1CCCC(n2cc(-c3nc(-c4ccccc4)no3)nn2)C1. The Hall–Kier alpha value is -3.52. The van der Waals surface area contributed by atoms with Gasteiger partial charge in [-0.05, 0) is 24.5 Å². The average Bonchev–Trinajstić information content (AvgIpc) is 3.51. The Labute approximate surface area is 189 Å². The summed E-state index contributed by atoms with van der Waals surface area (Å²) in [7, 11) is 0. The van der Waals surface area contributed by atoms with Gasteiger partial charge in [-0.25, -0.2) is 4.68 Å². The van der Waals surface area contributed by atoms with Gasteiger partial charge in [-0.1, -0.05) is 70.5 Å². The lowest BCUT2D eigenvalue weighted by Crippen LogP contribution is -2.41. The summed E-state index contributed by atoms with van der Waals surface area (Å²) in [5.74, 6) is 0.884. The van der Waals surface area contributed by atoms with E-state index in [1.165, 1.54) is 0 Å². The summed E-state index contributed by atoms with van der Waals surface area (Å²) in [6.07, 6.45) is 3.90. The van der Waals surface area contributed by atoms with Crippen LogP contribution in [0.1, 0.15) is 24.4 Å². The highest BCUT2D eigenvalue weighted by atomic mass is 35.5. The van der Waals surface area contributed by atoms with Crippen LogP contribution in [0.15, 0.2) is 65.3 Å². The Morgan fingerprint density at radius 3 is 2.78 bits per heavy atom. The maximum Gasteiger partial charge on any atom is 0.280 e. The smallest absolute Gasteiger partial charge is 0.280 e. The summed E-state index contributed by atoms with van der Waals surface area (Å²) in [5.41, 5.74) is 2.23. The molecular formula is C23H21ClN6O2. The minimum Gasteiger partial charge on any atom is -0.340 e. The van der Waals surface area contributed by atoms with Gasteiger partial charge in [0.05, 0.1) is 18.7 Å². The van der Waals surface area contributed by atoms with Gasteiger partial charge < -0.3 is 9.42 Å². The lowest BCUT2D eigenvalue weighted by molar-refractivity contribution is -0.132. The summed E-state index contributed by atoms with van der Waals surface area (Å²) in [6.45, 7) is 1.30. The number of carbonyl (C=O) groups excluding carboxylic acids is 1. The number of amides is 1. The van der Waals surface area contributed by atoms with E-state index in [0.717, 1.165) is 30.5 Å². The van der Waals surface area contributed by atoms with Gasteiger partial charge in [0.2, 0.25) is 11.7 Å². The zero-order valence-electron chi connectivity index (χ0n) is 17.3. The van der Waals surface area contributed by atoms with E-state index >= 15 is 0 Å². The monoisotopic (exact) mass is 448 g/mol. The highest BCUT2D eigenvalue weighted by Gasteiger charge is 2.26. The van der Waals surface area contributed by atoms with Crippen LogP contribution in [0.5, 0.6) is 0 Å². The van der Waals surface area contributed by atoms with Crippen molar-refractivity contribution in [2.75, 3.05) is 13.1 Å². The number of hydrogen-bond donors (Lipinski definition) is 0. The van der Waals surface area contributed by atoms with Crippen LogP contribution in [0.2, 0.25) is 5.02 Å². The van der Waals surface area contributed by atoms with Crippen molar-refractivity contribution in [3.05, 3.63) is 71.4 Å². The molecule has 9 heteroatoms. The van der Waals surface area contributed by atoms with Crippen molar-refractivity contribution in [3.8, 4) is 23.0 Å². The highest BCUT2D eigenvalue weighted by molar-refractivity contribution is 6.31. The second-order valence-corrected chi connectivity index (χ2v) is 8.18. The van der Waals surface area contributed by atoms with E-state index in [1.807, 2.05) is 53.4 Å². The van der Waals surface area contributed by atoms with Crippen molar-refractivity contribution in [2.45, 2.75) is 25.3 Å². The first-order valence-electron chi connectivity index (χ1n) is 10.5. The molecule has 2 aromatic heterocycles. The van der Waals surface area contributed by atoms with Gasteiger partial charge in [-0.15, -0.1) is 5.10 Å². The van der Waals surface area contributed by atoms with Crippen LogP contribution >= 0.6 is 11.6 Å². The molecule has 2 aromatic carbocycles. The number of likely N-dealkylation sites (tertiary alicyclic amines) is 1. The fraction of sp³-hybridized carbons (Fsp3) is 0.261. The number of nitrogens with zero attached hydrogens (tertiary/aromatic N) is 6. The number of hydrogen-bond acceptors (Lipinski definition) is 6. The zero-order chi connectivity index (χ0) is 21.9. The molecular weight excluding hydrogens is 428 g/mol. The number of aromatic nitrogens is 5. The molecule has 3 heterocycles. The molecule has 1 aliphatic rings. The molecule has 1 aliphatic heterocycles. The zero-order valence-corrected chi connectivity index (χ0v) is 18.0. The van der Waals surface area contributed by atoms with Gasteiger partial charge in [-0.2, -0.15) is 4.98 Å². The van der Waals surface area contributed by atoms with Crippen LogP contribution in [-0.2, 0) is 11.2 Å². The number of carbonyl (C=O) groups is 1. The third kappa shape index (κ3) is 4.27. The highest BCUT2D eigenvalue weighted by Crippen LogP contribution is 2.25. The number of rotatable bonds is 5. The van der Waals surface area contributed by atoms with Crippen LogP contribution in [0.25, 0.3) is 23.0 Å². The first-order valence-corrected chi connectivity index (χ1v) is 10.9. The second kappa shape index (κ2) is 8.92. The van der Waals surface area contributed by atoms with Crippen molar-refractivity contribution in [2.24, 2.45) is 0 Å². The first kappa shape index (κ1) is 20.4. The molecule has 162 valence electrons. The van der Waals surface area contributed by atoms with Gasteiger partial charge in [-0.3, -0.25) is 4.79 Å².